The first-order valence-corrected chi connectivity index (χ1v) is 11.0. The van der Waals surface area contributed by atoms with Gasteiger partial charge in [-0.3, -0.25) is 21.9 Å². The summed E-state index contributed by atoms with van der Waals surface area (Å²) in [4.78, 5) is 0. The quantitative estimate of drug-likeness (QED) is 0.337. The molecule has 10 nitrogen and oxygen atoms in total. The zero-order valence-electron chi connectivity index (χ0n) is 12.6. The lowest BCUT2D eigenvalue weighted by molar-refractivity contribution is 0.133. The molecular formula is C9H21O10PS2. The van der Waals surface area contributed by atoms with Crippen LogP contribution in [0.1, 0.15) is 27.2 Å². The van der Waals surface area contributed by atoms with Crippen LogP contribution < -0.4 is 0 Å². The Morgan fingerprint density at radius 2 is 1.18 bits per heavy atom. The fourth-order valence-corrected chi connectivity index (χ4v) is 4.55. The van der Waals surface area contributed by atoms with E-state index in [0.29, 0.717) is 6.42 Å². The van der Waals surface area contributed by atoms with Crippen LogP contribution in [0.4, 0.5) is 0 Å². The normalized spacial score (nSPS) is 13.4. The smallest absolute Gasteiger partial charge is 0.287 e. The monoisotopic (exact) mass is 384 g/mol. The van der Waals surface area contributed by atoms with Crippen molar-refractivity contribution in [2.24, 2.45) is 0 Å². The predicted molar refractivity (Wildman–Crippen MR) is 76.8 cm³/mol. The van der Waals surface area contributed by atoms with Gasteiger partial charge in [0.2, 0.25) is 0 Å². The lowest BCUT2D eigenvalue weighted by atomic mass is 10.5. The second-order valence-electron chi connectivity index (χ2n) is 3.70. The van der Waals surface area contributed by atoms with Crippen LogP contribution in [-0.2, 0) is 46.7 Å². The Bertz CT molecular complexity index is 511. The van der Waals surface area contributed by atoms with E-state index in [4.69, 9.17) is 4.52 Å². The lowest BCUT2D eigenvalue weighted by Crippen LogP contribution is -2.17. The molecule has 0 saturated carbocycles. The van der Waals surface area contributed by atoms with Gasteiger partial charge >= 0.3 is 7.82 Å². The number of phosphoric ester groups is 1. The van der Waals surface area contributed by atoms with Crippen molar-refractivity contribution in [2.45, 2.75) is 27.2 Å². The van der Waals surface area contributed by atoms with Gasteiger partial charge in [0, 0.05) is 0 Å². The Balaban J connectivity index is 4.82. The van der Waals surface area contributed by atoms with Gasteiger partial charge in [-0.2, -0.15) is 16.8 Å². The van der Waals surface area contributed by atoms with Crippen molar-refractivity contribution in [3.8, 4) is 0 Å². The van der Waals surface area contributed by atoms with Crippen LogP contribution in [0.5, 0.6) is 0 Å². The Labute approximate surface area is 130 Å². The third-order valence-corrected chi connectivity index (χ3v) is 5.50. The Morgan fingerprint density at radius 3 is 1.50 bits per heavy atom. The Kier molecular flexibility index (Phi) is 9.90. The highest BCUT2D eigenvalue weighted by Crippen LogP contribution is 2.50. The molecule has 0 heterocycles. The van der Waals surface area contributed by atoms with Crippen molar-refractivity contribution in [3.05, 3.63) is 0 Å². The van der Waals surface area contributed by atoms with E-state index in [0.717, 1.165) is 0 Å². The SMILES string of the molecule is CCCOP(=O)(OCS(=O)(=O)OCC)OCS(=O)(=O)OCC. The van der Waals surface area contributed by atoms with Crippen LogP contribution in [0.25, 0.3) is 0 Å². The molecule has 0 amide bonds. The van der Waals surface area contributed by atoms with E-state index >= 15 is 0 Å². The van der Waals surface area contributed by atoms with E-state index in [1.807, 2.05) is 0 Å². The summed E-state index contributed by atoms with van der Waals surface area (Å²) in [6.45, 7) is 4.22. The minimum atomic E-state index is -4.39. The minimum Gasteiger partial charge on any atom is -0.287 e. The highest BCUT2D eigenvalue weighted by Gasteiger charge is 2.32. The van der Waals surface area contributed by atoms with Gasteiger partial charge in [0.1, 0.15) is 0 Å². The minimum absolute atomic E-state index is 0.0827. The summed E-state index contributed by atoms with van der Waals surface area (Å²) < 4.78 is 80.3. The molecule has 0 bridgehead atoms. The highest BCUT2D eigenvalue weighted by molar-refractivity contribution is 7.87. The van der Waals surface area contributed by atoms with Crippen LogP contribution >= 0.6 is 7.82 Å². The number of hydrogen-bond acceptors (Lipinski definition) is 10. The second-order valence-corrected chi connectivity index (χ2v) is 8.55. The fraction of sp³-hybridized carbons (Fsp3) is 1.00. The summed E-state index contributed by atoms with van der Waals surface area (Å²) >= 11 is 0. The van der Waals surface area contributed by atoms with Crippen LogP contribution in [0.3, 0.4) is 0 Å². The molecule has 0 aromatic heterocycles. The van der Waals surface area contributed by atoms with Gasteiger partial charge in [0.05, 0.1) is 19.8 Å². The van der Waals surface area contributed by atoms with Gasteiger partial charge in [-0.15, -0.1) is 0 Å². The van der Waals surface area contributed by atoms with Crippen LogP contribution in [0.2, 0.25) is 0 Å². The summed E-state index contributed by atoms with van der Waals surface area (Å²) in [5, 5.41) is 0. The van der Waals surface area contributed by atoms with Crippen molar-refractivity contribution in [2.75, 3.05) is 31.7 Å². The van der Waals surface area contributed by atoms with Crippen LogP contribution in [-0.4, -0.2) is 48.5 Å². The Hall–Kier alpha value is -0.0700. The van der Waals surface area contributed by atoms with E-state index in [1.54, 1.807) is 6.92 Å². The molecule has 13 heteroatoms. The summed E-state index contributed by atoms with van der Waals surface area (Å²) in [5.74, 6) is -2.20. The molecule has 0 aliphatic carbocycles. The van der Waals surface area contributed by atoms with Crippen molar-refractivity contribution in [1.29, 1.82) is 0 Å². The van der Waals surface area contributed by atoms with E-state index < -0.39 is 39.9 Å². The van der Waals surface area contributed by atoms with Gasteiger partial charge in [-0.25, -0.2) is 4.57 Å². The molecule has 0 radical (unpaired) electrons. The van der Waals surface area contributed by atoms with Crippen molar-refractivity contribution in [1.82, 2.24) is 0 Å². The number of phosphoric acid groups is 1. The zero-order chi connectivity index (χ0) is 17.3. The molecule has 0 saturated heterocycles. The van der Waals surface area contributed by atoms with Crippen LogP contribution in [0.15, 0.2) is 0 Å². The van der Waals surface area contributed by atoms with Crippen LogP contribution in [0, 0.1) is 0 Å². The van der Waals surface area contributed by atoms with Gasteiger partial charge in [0.25, 0.3) is 20.2 Å². The van der Waals surface area contributed by atoms with Crippen molar-refractivity contribution < 1.29 is 43.3 Å². The molecular weight excluding hydrogens is 363 g/mol. The number of hydrogen-bond donors (Lipinski definition) is 0. The number of rotatable bonds is 13. The van der Waals surface area contributed by atoms with E-state index in [9.17, 15) is 21.4 Å². The molecule has 134 valence electrons. The molecule has 0 unspecified atom stereocenters. The third kappa shape index (κ3) is 9.85. The fourth-order valence-electron chi connectivity index (χ4n) is 1.00. The predicted octanol–water partition coefficient (Wildman–Crippen LogP) is 1.20. The molecule has 0 aromatic carbocycles. The molecule has 0 aromatic rings. The molecule has 0 atom stereocenters. The topological polar surface area (TPSA) is 132 Å². The summed E-state index contributed by atoms with van der Waals surface area (Å²) in [7, 11) is -12.6. The van der Waals surface area contributed by atoms with Crippen molar-refractivity contribution >= 4 is 28.1 Å². The molecule has 0 fully saturated rings. The molecule has 0 aliphatic heterocycles. The average molecular weight is 384 g/mol. The molecule has 0 N–H and O–H groups in total. The van der Waals surface area contributed by atoms with Gasteiger partial charge in [0.15, 0.2) is 11.9 Å². The first-order valence-electron chi connectivity index (χ1n) is 6.37. The summed E-state index contributed by atoms with van der Waals surface area (Å²) in [5.41, 5.74) is 0. The van der Waals surface area contributed by atoms with E-state index in [1.165, 1.54) is 13.8 Å². The summed E-state index contributed by atoms with van der Waals surface area (Å²) in [6, 6.07) is 0. The molecule has 0 rings (SSSR count). The Morgan fingerprint density at radius 1 is 0.773 bits per heavy atom. The summed E-state index contributed by atoms with van der Waals surface area (Å²) in [6.07, 6.45) is 0.424. The average Bonchev–Trinajstić information content (AvgIpc) is 2.41. The second kappa shape index (κ2) is 9.93. The van der Waals surface area contributed by atoms with Gasteiger partial charge < -0.3 is 0 Å². The zero-order valence-corrected chi connectivity index (χ0v) is 15.1. The maximum Gasteiger partial charge on any atom is 0.476 e. The van der Waals surface area contributed by atoms with E-state index in [-0.39, 0.29) is 19.8 Å². The maximum absolute atomic E-state index is 12.2. The lowest BCUT2D eigenvalue weighted by Gasteiger charge is -2.17. The largest absolute Gasteiger partial charge is 0.476 e. The standard InChI is InChI=1S/C9H21O10PS2/c1-4-7-15-20(10,16-8-21(11,12)18-5-2)17-9-22(13,14)19-6-3/h4-9H2,1-3H3. The van der Waals surface area contributed by atoms with Gasteiger partial charge in [-0.05, 0) is 20.3 Å². The first kappa shape index (κ1) is 21.9. The highest BCUT2D eigenvalue weighted by atomic mass is 32.2. The van der Waals surface area contributed by atoms with Crippen molar-refractivity contribution in [3.63, 3.8) is 0 Å². The molecule has 0 spiro atoms. The maximum atomic E-state index is 12.2. The molecule has 22 heavy (non-hydrogen) atoms. The van der Waals surface area contributed by atoms with E-state index in [2.05, 4.69) is 17.4 Å². The molecule has 0 aliphatic rings. The first-order chi connectivity index (χ1) is 10.1. The van der Waals surface area contributed by atoms with Gasteiger partial charge in [-0.1, -0.05) is 6.92 Å². The third-order valence-electron chi connectivity index (χ3n) is 1.76.